The van der Waals surface area contributed by atoms with Gasteiger partial charge in [-0.2, -0.15) is 15.0 Å². The van der Waals surface area contributed by atoms with Gasteiger partial charge < -0.3 is 10.2 Å². The summed E-state index contributed by atoms with van der Waals surface area (Å²) in [5.74, 6) is 0.408. The molecule has 1 atom stereocenters. The van der Waals surface area contributed by atoms with E-state index in [4.69, 9.17) is 23.2 Å². The normalized spacial score (nSPS) is 20.4. The van der Waals surface area contributed by atoms with Crippen LogP contribution in [0, 0.1) is 0 Å². The molecule has 2 rings (SSSR count). The van der Waals surface area contributed by atoms with Crippen molar-refractivity contribution >= 4 is 35.1 Å². The van der Waals surface area contributed by atoms with Crippen LogP contribution in [0.4, 0.5) is 5.95 Å². The van der Waals surface area contributed by atoms with E-state index in [1.54, 1.807) is 0 Å². The Bertz CT molecular complexity index is 617. The fourth-order valence-electron chi connectivity index (χ4n) is 3.41. The van der Waals surface area contributed by atoms with Gasteiger partial charge in [0, 0.05) is 24.7 Å². The molecular formula is C16H26Cl2N6O. The first-order valence-corrected chi connectivity index (χ1v) is 9.21. The zero-order chi connectivity index (χ0) is 18.8. The smallest absolute Gasteiger partial charge is 0.242 e. The number of aromatic nitrogens is 3. The fourth-order valence-corrected chi connectivity index (χ4v) is 3.77. The van der Waals surface area contributed by atoms with Crippen LogP contribution in [0.2, 0.25) is 10.6 Å². The second-order valence-electron chi connectivity index (χ2n) is 7.59. The number of carbonyl (C=O) groups is 1. The minimum Gasteiger partial charge on any atom is -0.352 e. The predicted octanol–water partition coefficient (Wildman–Crippen LogP) is 2.75. The lowest BCUT2D eigenvalue weighted by Gasteiger charge is -2.50. The lowest BCUT2D eigenvalue weighted by atomic mass is 9.89. The molecule has 0 saturated carbocycles. The van der Waals surface area contributed by atoms with Crippen molar-refractivity contribution < 1.29 is 4.79 Å². The molecule has 0 aromatic carbocycles. The van der Waals surface area contributed by atoms with Gasteiger partial charge in [-0.1, -0.05) is 13.3 Å². The SMILES string of the molecule is CCCC(CNc1nc(Cl)nc(Cl)n1)N1CC(C)(C)NC(C)(C)C1=O. The van der Waals surface area contributed by atoms with Gasteiger partial charge in [0.15, 0.2) is 0 Å². The van der Waals surface area contributed by atoms with Crippen LogP contribution < -0.4 is 10.6 Å². The Hall–Kier alpha value is -1.18. The molecular weight excluding hydrogens is 363 g/mol. The molecule has 7 nitrogen and oxygen atoms in total. The van der Waals surface area contributed by atoms with E-state index < -0.39 is 5.54 Å². The number of anilines is 1. The molecule has 1 unspecified atom stereocenters. The Morgan fingerprint density at radius 2 is 1.80 bits per heavy atom. The highest BCUT2D eigenvalue weighted by atomic mass is 35.5. The second kappa shape index (κ2) is 7.60. The van der Waals surface area contributed by atoms with Crippen molar-refractivity contribution in [2.24, 2.45) is 0 Å². The monoisotopic (exact) mass is 388 g/mol. The van der Waals surface area contributed by atoms with Crippen LogP contribution in [0.3, 0.4) is 0 Å². The van der Waals surface area contributed by atoms with Gasteiger partial charge >= 0.3 is 0 Å². The quantitative estimate of drug-likeness (QED) is 0.779. The molecule has 2 N–H and O–H groups in total. The standard InChI is InChI=1S/C16H26Cl2N6O/c1-6-7-10(8-19-14-21-12(17)20-13(18)22-14)24-9-15(2,3)23-16(4,5)11(24)25/h10,23H,6-9H2,1-5H3,(H,19,20,21,22). The van der Waals surface area contributed by atoms with Crippen LogP contribution in [-0.2, 0) is 4.79 Å². The third-order valence-electron chi connectivity index (χ3n) is 4.15. The second-order valence-corrected chi connectivity index (χ2v) is 8.26. The Balaban J connectivity index is 2.17. The van der Waals surface area contributed by atoms with Gasteiger partial charge in [0.25, 0.3) is 0 Å². The summed E-state index contributed by atoms with van der Waals surface area (Å²) in [6.07, 6.45) is 1.83. The van der Waals surface area contributed by atoms with Gasteiger partial charge in [0.2, 0.25) is 22.4 Å². The summed E-state index contributed by atoms with van der Waals surface area (Å²) in [6.45, 7) is 11.3. The maximum absolute atomic E-state index is 12.9. The summed E-state index contributed by atoms with van der Waals surface area (Å²) in [4.78, 5) is 26.7. The molecule has 25 heavy (non-hydrogen) atoms. The van der Waals surface area contributed by atoms with Crippen LogP contribution >= 0.6 is 23.2 Å². The molecule has 1 aromatic heterocycles. The van der Waals surface area contributed by atoms with Gasteiger partial charge in [0.1, 0.15) is 0 Å². The third-order valence-corrected chi connectivity index (χ3v) is 4.49. The van der Waals surface area contributed by atoms with E-state index in [1.165, 1.54) is 0 Å². The molecule has 1 aromatic rings. The first-order chi connectivity index (χ1) is 11.5. The van der Waals surface area contributed by atoms with E-state index in [9.17, 15) is 4.79 Å². The van der Waals surface area contributed by atoms with Gasteiger partial charge in [0.05, 0.1) is 5.54 Å². The summed E-state index contributed by atoms with van der Waals surface area (Å²) in [5.41, 5.74) is -0.767. The molecule has 1 aliphatic heterocycles. The topological polar surface area (TPSA) is 83.0 Å². The Morgan fingerprint density at radius 1 is 1.20 bits per heavy atom. The van der Waals surface area contributed by atoms with E-state index >= 15 is 0 Å². The van der Waals surface area contributed by atoms with Crippen LogP contribution in [0.1, 0.15) is 47.5 Å². The van der Waals surface area contributed by atoms with Crippen molar-refractivity contribution in [3.05, 3.63) is 10.6 Å². The van der Waals surface area contributed by atoms with Crippen molar-refractivity contribution in [1.29, 1.82) is 0 Å². The van der Waals surface area contributed by atoms with Crippen LogP contribution in [-0.4, -0.2) is 56.0 Å². The number of piperazine rings is 1. The minimum atomic E-state index is -0.604. The third kappa shape index (κ3) is 5.15. The zero-order valence-electron chi connectivity index (χ0n) is 15.4. The minimum absolute atomic E-state index is 0.0208. The molecule has 0 bridgehead atoms. The van der Waals surface area contributed by atoms with Crippen molar-refractivity contribution in [3.8, 4) is 0 Å². The maximum Gasteiger partial charge on any atom is 0.242 e. The Kier molecular flexibility index (Phi) is 6.12. The van der Waals surface area contributed by atoms with Gasteiger partial charge in [-0.3, -0.25) is 10.1 Å². The molecule has 0 aliphatic carbocycles. The summed E-state index contributed by atoms with van der Waals surface area (Å²) in [7, 11) is 0. The molecule has 140 valence electrons. The van der Waals surface area contributed by atoms with E-state index in [-0.39, 0.29) is 28.1 Å². The number of hydrogen-bond donors (Lipinski definition) is 2. The molecule has 1 saturated heterocycles. The number of hydrogen-bond acceptors (Lipinski definition) is 6. The highest BCUT2D eigenvalue weighted by Crippen LogP contribution is 2.25. The van der Waals surface area contributed by atoms with Crippen LogP contribution in [0.25, 0.3) is 0 Å². The molecule has 0 spiro atoms. The van der Waals surface area contributed by atoms with Crippen molar-refractivity contribution in [1.82, 2.24) is 25.2 Å². The van der Waals surface area contributed by atoms with Crippen molar-refractivity contribution in [3.63, 3.8) is 0 Å². The molecule has 9 heteroatoms. The highest BCUT2D eigenvalue weighted by Gasteiger charge is 2.45. The summed E-state index contributed by atoms with van der Waals surface area (Å²) < 4.78 is 0. The van der Waals surface area contributed by atoms with E-state index in [1.807, 2.05) is 18.7 Å². The summed E-state index contributed by atoms with van der Waals surface area (Å²) >= 11 is 11.6. The first kappa shape index (κ1) is 20.1. The molecule has 2 heterocycles. The van der Waals surface area contributed by atoms with Gasteiger partial charge in [-0.05, 0) is 57.3 Å². The maximum atomic E-state index is 12.9. The number of halogens is 2. The summed E-state index contributed by atoms with van der Waals surface area (Å²) in [6, 6.07) is 0.0208. The number of nitrogens with zero attached hydrogens (tertiary/aromatic N) is 4. The number of rotatable bonds is 6. The van der Waals surface area contributed by atoms with Gasteiger partial charge in [-0.15, -0.1) is 0 Å². The number of nitrogens with one attached hydrogen (secondary N) is 2. The fraction of sp³-hybridized carbons (Fsp3) is 0.750. The van der Waals surface area contributed by atoms with Crippen molar-refractivity contribution in [2.75, 3.05) is 18.4 Å². The first-order valence-electron chi connectivity index (χ1n) is 8.45. The van der Waals surface area contributed by atoms with Gasteiger partial charge in [-0.25, -0.2) is 0 Å². The molecule has 1 amide bonds. The summed E-state index contributed by atoms with van der Waals surface area (Å²) in [5, 5.41) is 6.63. The number of amides is 1. The van der Waals surface area contributed by atoms with Crippen molar-refractivity contribution in [2.45, 2.75) is 64.6 Å². The highest BCUT2D eigenvalue weighted by molar-refractivity contribution is 6.31. The van der Waals surface area contributed by atoms with E-state index in [0.29, 0.717) is 19.0 Å². The molecule has 0 radical (unpaired) electrons. The Morgan fingerprint density at radius 3 is 2.36 bits per heavy atom. The lowest BCUT2D eigenvalue weighted by Crippen LogP contribution is -2.71. The Labute approximate surface area is 158 Å². The van der Waals surface area contributed by atoms with Crippen LogP contribution in [0.15, 0.2) is 0 Å². The molecule has 1 aliphatic rings. The number of carbonyl (C=O) groups excluding carboxylic acids is 1. The van der Waals surface area contributed by atoms with E-state index in [0.717, 1.165) is 12.8 Å². The average molecular weight is 389 g/mol. The molecule has 1 fully saturated rings. The van der Waals surface area contributed by atoms with Crippen LogP contribution in [0.5, 0.6) is 0 Å². The predicted molar refractivity (Wildman–Crippen MR) is 100 cm³/mol. The lowest BCUT2D eigenvalue weighted by molar-refractivity contribution is -0.146. The average Bonchev–Trinajstić information content (AvgIpc) is 2.45. The van der Waals surface area contributed by atoms with E-state index in [2.05, 4.69) is 46.4 Å². The zero-order valence-corrected chi connectivity index (χ0v) is 16.9. The largest absolute Gasteiger partial charge is 0.352 e.